The van der Waals surface area contributed by atoms with Crippen LogP contribution in [0.1, 0.15) is 32.1 Å². The molecule has 3 aromatic rings. The molecule has 27 heavy (non-hydrogen) atoms. The van der Waals surface area contributed by atoms with Gasteiger partial charge in [0.15, 0.2) is 0 Å². The van der Waals surface area contributed by atoms with E-state index in [0.29, 0.717) is 5.92 Å². The number of hydrogen-bond acceptors (Lipinski definition) is 0. The van der Waals surface area contributed by atoms with Crippen LogP contribution in [-0.4, -0.2) is 6.16 Å². The van der Waals surface area contributed by atoms with Gasteiger partial charge in [0, 0.05) is 0 Å². The fraction of sp³-hybridized carbons (Fsp3) is 0.280. The summed E-state index contributed by atoms with van der Waals surface area (Å²) in [6.07, 6.45) is 7.72. The average Bonchev–Trinajstić information content (AvgIpc) is 2.76. The van der Waals surface area contributed by atoms with Crippen molar-refractivity contribution >= 4 is 33.1 Å². The van der Waals surface area contributed by atoms with Crippen molar-refractivity contribution in [3.8, 4) is 0 Å². The van der Waals surface area contributed by atoms with Crippen LogP contribution in [-0.2, 0) is 0 Å². The van der Waals surface area contributed by atoms with Gasteiger partial charge in [-0.15, -0.1) is 0 Å². The second kappa shape index (κ2) is 7.78. The summed E-state index contributed by atoms with van der Waals surface area (Å²) >= 11 is 8.14. The monoisotopic (exact) mass is 394 g/mol. The molecule has 0 saturated heterocycles. The number of halogens is 1. The van der Waals surface area contributed by atoms with E-state index in [2.05, 4.69) is 91.0 Å². The molecule has 0 heterocycles. The Kier molecular flexibility index (Phi) is 5.40. The third-order valence-electron chi connectivity index (χ3n) is 6.21. The third-order valence-corrected chi connectivity index (χ3v) is 13.7. The minimum atomic E-state index is -3.05. The number of rotatable bonds is 5. The van der Waals surface area contributed by atoms with Crippen LogP contribution in [0.25, 0.3) is 0 Å². The van der Waals surface area contributed by atoms with Gasteiger partial charge < -0.3 is 0 Å². The molecule has 0 nitrogen and oxygen atoms in total. The molecule has 1 aliphatic rings. The molecule has 0 aliphatic heterocycles. The molecule has 0 atom stereocenters. The summed E-state index contributed by atoms with van der Waals surface area (Å²) in [4.78, 5) is 0. The van der Waals surface area contributed by atoms with E-state index in [4.69, 9.17) is 11.2 Å². The Morgan fingerprint density at radius 3 is 1.33 bits per heavy atom. The number of benzene rings is 3. The molecule has 0 radical (unpaired) electrons. The second-order valence-corrected chi connectivity index (χ2v) is 14.4. The van der Waals surface area contributed by atoms with Gasteiger partial charge >= 0.3 is 168 Å². The van der Waals surface area contributed by atoms with Gasteiger partial charge in [0.1, 0.15) is 0 Å². The van der Waals surface area contributed by atoms with Gasteiger partial charge in [0.2, 0.25) is 0 Å². The van der Waals surface area contributed by atoms with Crippen LogP contribution >= 0.6 is 17.2 Å². The van der Waals surface area contributed by atoms with E-state index >= 15 is 0 Å². The minimum absolute atomic E-state index is 0.689. The zero-order valence-electron chi connectivity index (χ0n) is 15.8. The van der Waals surface area contributed by atoms with Crippen molar-refractivity contribution < 1.29 is 0 Å². The molecule has 0 bridgehead atoms. The molecule has 2 heteroatoms. The first-order chi connectivity index (χ1) is 13.2. The van der Waals surface area contributed by atoms with E-state index in [1.165, 1.54) is 48.0 Å². The first-order valence-electron chi connectivity index (χ1n) is 10.1. The predicted octanol–water partition coefficient (Wildman–Crippen LogP) is 6.25. The predicted molar refractivity (Wildman–Crippen MR) is 122 cm³/mol. The SMILES string of the molecule is ClP(CC1CCCCC1)(c1ccccc1)(c1ccccc1)c1ccccc1. The van der Waals surface area contributed by atoms with Crippen LogP contribution in [0.2, 0.25) is 0 Å². The maximum atomic E-state index is 8.14. The van der Waals surface area contributed by atoms with Crippen molar-refractivity contribution in [3.63, 3.8) is 0 Å². The Bertz CT molecular complexity index is 755. The van der Waals surface area contributed by atoms with Crippen molar-refractivity contribution in [2.75, 3.05) is 6.16 Å². The van der Waals surface area contributed by atoms with Gasteiger partial charge in [0.05, 0.1) is 0 Å². The van der Waals surface area contributed by atoms with Gasteiger partial charge in [-0.1, -0.05) is 0 Å². The maximum absolute atomic E-state index is 8.14. The molecule has 1 aliphatic carbocycles. The fourth-order valence-corrected chi connectivity index (χ4v) is 11.7. The molecule has 4 rings (SSSR count). The van der Waals surface area contributed by atoms with Gasteiger partial charge in [-0.25, -0.2) is 0 Å². The molecular formula is C25H28ClP. The molecule has 0 N–H and O–H groups in total. The first-order valence-corrected chi connectivity index (χ1v) is 13.4. The fourth-order valence-electron chi connectivity index (χ4n) is 4.83. The van der Waals surface area contributed by atoms with Crippen LogP contribution < -0.4 is 15.9 Å². The Hall–Kier alpha value is -1.62. The molecular weight excluding hydrogens is 367 g/mol. The normalized spacial score (nSPS) is 17.1. The van der Waals surface area contributed by atoms with Crippen LogP contribution in [0.4, 0.5) is 0 Å². The molecule has 1 saturated carbocycles. The zero-order chi connectivity index (χ0) is 18.6. The quantitative estimate of drug-likeness (QED) is 0.448. The molecule has 1 fully saturated rings. The van der Waals surface area contributed by atoms with Crippen LogP contribution in [0.15, 0.2) is 91.0 Å². The molecule has 0 amide bonds. The van der Waals surface area contributed by atoms with Crippen molar-refractivity contribution in [2.45, 2.75) is 32.1 Å². The summed E-state index contributed by atoms with van der Waals surface area (Å²) in [6.45, 7) is 0. The van der Waals surface area contributed by atoms with Crippen LogP contribution in [0.3, 0.4) is 0 Å². The van der Waals surface area contributed by atoms with Gasteiger partial charge in [-0.2, -0.15) is 0 Å². The molecule has 140 valence electrons. The molecule has 0 spiro atoms. The Labute approximate surface area is 168 Å². The van der Waals surface area contributed by atoms with Gasteiger partial charge in [0.25, 0.3) is 0 Å². The van der Waals surface area contributed by atoms with Crippen molar-refractivity contribution in [3.05, 3.63) is 91.0 Å². The first kappa shape index (κ1) is 18.7. The van der Waals surface area contributed by atoms with E-state index in [0.717, 1.165) is 6.16 Å². The van der Waals surface area contributed by atoms with Crippen molar-refractivity contribution in [1.29, 1.82) is 0 Å². The van der Waals surface area contributed by atoms with Crippen LogP contribution in [0.5, 0.6) is 0 Å². The van der Waals surface area contributed by atoms with E-state index in [9.17, 15) is 0 Å². The van der Waals surface area contributed by atoms with Gasteiger partial charge in [-0.3, -0.25) is 0 Å². The van der Waals surface area contributed by atoms with E-state index < -0.39 is 5.96 Å². The summed E-state index contributed by atoms with van der Waals surface area (Å²) in [6, 6.07) is 32.7. The zero-order valence-corrected chi connectivity index (χ0v) is 17.5. The second-order valence-electron chi connectivity index (χ2n) is 7.88. The van der Waals surface area contributed by atoms with Crippen molar-refractivity contribution in [1.82, 2.24) is 0 Å². The molecule has 0 unspecified atom stereocenters. The summed E-state index contributed by atoms with van der Waals surface area (Å²) in [5.41, 5.74) is 0. The average molecular weight is 395 g/mol. The topological polar surface area (TPSA) is 0 Å². The van der Waals surface area contributed by atoms with Crippen molar-refractivity contribution in [2.24, 2.45) is 5.92 Å². The third kappa shape index (κ3) is 3.35. The summed E-state index contributed by atoms with van der Waals surface area (Å²) in [5.74, 6) is -2.36. The Morgan fingerprint density at radius 2 is 0.963 bits per heavy atom. The standard InChI is InChI=1S/C25H28ClP/c26-27(23-15-7-2-8-16-23,24-17-9-3-10-18-24,25-19-11-4-12-20-25)21-22-13-5-1-6-14-22/h2-4,7-12,15-20,22H,1,5-6,13-14,21H2. The summed E-state index contributed by atoms with van der Waals surface area (Å²) in [7, 11) is 0. The Balaban J connectivity index is 1.99. The van der Waals surface area contributed by atoms with Crippen LogP contribution in [0, 0.1) is 5.92 Å². The summed E-state index contributed by atoms with van der Waals surface area (Å²) < 4.78 is 0. The molecule has 0 aromatic heterocycles. The summed E-state index contributed by atoms with van der Waals surface area (Å²) in [5, 5.41) is 3.90. The van der Waals surface area contributed by atoms with E-state index in [1.54, 1.807) is 0 Å². The Morgan fingerprint density at radius 1 is 0.593 bits per heavy atom. The van der Waals surface area contributed by atoms with E-state index in [-0.39, 0.29) is 0 Å². The van der Waals surface area contributed by atoms with E-state index in [1.807, 2.05) is 0 Å². The molecule has 3 aromatic carbocycles. The van der Waals surface area contributed by atoms with Gasteiger partial charge in [-0.05, 0) is 0 Å². The number of hydrogen-bond donors (Lipinski definition) is 0.